The zero-order valence-electron chi connectivity index (χ0n) is 14.5. The predicted molar refractivity (Wildman–Crippen MR) is 90.7 cm³/mol. The normalized spacial score (nSPS) is 18.8. The Morgan fingerprint density at radius 1 is 1.29 bits per heavy atom. The van der Waals surface area contributed by atoms with E-state index < -0.39 is 33.4 Å². The quantitative estimate of drug-likeness (QED) is 0.878. The summed E-state index contributed by atoms with van der Waals surface area (Å²) >= 11 is 0. The molecule has 2 amide bonds. The molecule has 1 atom stereocenters. The zero-order valence-corrected chi connectivity index (χ0v) is 15.3. The molecule has 7 heteroatoms. The smallest absolute Gasteiger partial charge is 0.267 e. The van der Waals surface area contributed by atoms with Gasteiger partial charge >= 0.3 is 0 Å². The number of rotatable bonds is 5. The van der Waals surface area contributed by atoms with Crippen LogP contribution in [0.5, 0.6) is 0 Å². The van der Waals surface area contributed by atoms with E-state index in [1.807, 2.05) is 27.7 Å². The summed E-state index contributed by atoms with van der Waals surface area (Å²) in [7, 11) is -4.04. The highest BCUT2D eigenvalue weighted by Gasteiger charge is 2.44. The van der Waals surface area contributed by atoms with Crippen LogP contribution in [0, 0.1) is 6.92 Å². The molecule has 0 aliphatic carbocycles. The number of hydrogen-bond donors (Lipinski definition) is 1. The fourth-order valence-electron chi connectivity index (χ4n) is 2.53. The first-order valence-electron chi connectivity index (χ1n) is 8.04. The molecule has 0 radical (unpaired) electrons. The first-order chi connectivity index (χ1) is 11.1. The third-order valence-corrected chi connectivity index (χ3v) is 6.23. The Hall–Kier alpha value is -1.89. The average molecular weight is 352 g/mol. The third kappa shape index (κ3) is 3.61. The molecule has 0 bridgehead atoms. The molecule has 1 saturated heterocycles. The van der Waals surface area contributed by atoms with Crippen LogP contribution in [-0.2, 0) is 19.6 Å². The second-order valence-corrected chi connectivity index (χ2v) is 8.60. The van der Waals surface area contributed by atoms with Crippen LogP contribution < -0.4 is 5.32 Å². The summed E-state index contributed by atoms with van der Waals surface area (Å²) in [4.78, 5) is 24.7. The van der Waals surface area contributed by atoms with Crippen molar-refractivity contribution in [2.75, 3.05) is 0 Å². The van der Waals surface area contributed by atoms with Gasteiger partial charge in [0.1, 0.15) is 6.04 Å². The van der Waals surface area contributed by atoms with Crippen molar-refractivity contribution in [1.82, 2.24) is 9.62 Å². The van der Waals surface area contributed by atoms with E-state index in [2.05, 4.69) is 5.32 Å². The fraction of sp³-hybridized carbons (Fsp3) is 0.529. The number of benzene rings is 1. The van der Waals surface area contributed by atoms with Crippen molar-refractivity contribution >= 4 is 21.8 Å². The van der Waals surface area contributed by atoms with E-state index in [0.717, 1.165) is 9.87 Å². The number of sulfonamides is 1. The van der Waals surface area contributed by atoms with Crippen molar-refractivity contribution in [3.05, 3.63) is 29.8 Å². The van der Waals surface area contributed by atoms with Crippen LogP contribution >= 0.6 is 0 Å². The maximum atomic E-state index is 12.8. The number of carbonyl (C=O) groups is 2. The Balaban J connectivity index is 2.33. The van der Waals surface area contributed by atoms with Gasteiger partial charge in [-0.25, -0.2) is 12.7 Å². The summed E-state index contributed by atoms with van der Waals surface area (Å²) in [6.07, 6.45) is 0.954. The van der Waals surface area contributed by atoms with Gasteiger partial charge in [0.05, 0.1) is 4.90 Å². The second-order valence-electron chi connectivity index (χ2n) is 6.79. The molecular weight excluding hydrogens is 328 g/mol. The van der Waals surface area contributed by atoms with E-state index in [1.54, 1.807) is 12.1 Å². The van der Waals surface area contributed by atoms with Crippen LogP contribution in [0.25, 0.3) is 0 Å². The van der Waals surface area contributed by atoms with Crippen LogP contribution in [0.4, 0.5) is 0 Å². The molecule has 0 aromatic heterocycles. The first kappa shape index (κ1) is 18.4. The van der Waals surface area contributed by atoms with Crippen LogP contribution in [0.15, 0.2) is 29.2 Å². The predicted octanol–water partition coefficient (Wildman–Crippen LogP) is 1.98. The van der Waals surface area contributed by atoms with E-state index in [9.17, 15) is 18.0 Å². The van der Waals surface area contributed by atoms with E-state index in [1.165, 1.54) is 12.1 Å². The molecule has 0 saturated carbocycles. The minimum atomic E-state index is -4.04. The molecule has 1 aliphatic rings. The second kappa shape index (κ2) is 6.55. The van der Waals surface area contributed by atoms with Crippen molar-refractivity contribution < 1.29 is 18.0 Å². The molecule has 1 N–H and O–H groups in total. The van der Waals surface area contributed by atoms with Gasteiger partial charge in [0.25, 0.3) is 10.0 Å². The van der Waals surface area contributed by atoms with Crippen LogP contribution in [0.3, 0.4) is 0 Å². The van der Waals surface area contributed by atoms with E-state index in [4.69, 9.17) is 0 Å². The lowest BCUT2D eigenvalue weighted by Crippen LogP contribution is -2.53. The van der Waals surface area contributed by atoms with Gasteiger partial charge in [0, 0.05) is 12.0 Å². The summed E-state index contributed by atoms with van der Waals surface area (Å²) in [6.45, 7) is 7.50. The SMILES string of the molecule is CCC(C)(C)NC(=O)C1CCC(=O)N1S(=O)(=O)c1ccc(C)cc1. The van der Waals surface area contributed by atoms with E-state index in [-0.39, 0.29) is 17.7 Å². The van der Waals surface area contributed by atoms with Crippen molar-refractivity contribution in [1.29, 1.82) is 0 Å². The van der Waals surface area contributed by atoms with Crippen molar-refractivity contribution in [2.45, 2.75) is 63.4 Å². The van der Waals surface area contributed by atoms with Gasteiger partial charge in [-0.15, -0.1) is 0 Å². The maximum Gasteiger partial charge on any atom is 0.267 e. The molecule has 1 aromatic carbocycles. The van der Waals surface area contributed by atoms with Gasteiger partial charge in [-0.05, 0) is 45.7 Å². The highest BCUT2D eigenvalue weighted by atomic mass is 32.2. The number of nitrogens with one attached hydrogen (secondary N) is 1. The Morgan fingerprint density at radius 2 is 1.88 bits per heavy atom. The van der Waals surface area contributed by atoms with Crippen molar-refractivity contribution in [3.63, 3.8) is 0 Å². The average Bonchev–Trinajstić information content (AvgIpc) is 2.90. The lowest BCUT2D eigenvalue weighted by molar-refractivity contribution is -0.131. The van der Waals surface area contributed by atoms with Gasteiger partial charge in [-0.1, -0.05) is 24.6 Å². The standard InChI is InChI=1S/C17H24N2O4S/c1-5-17(3,4)18-16(21)14-10-11-15(20)19(14)24(22,23)13-8-6-12(2)7-9-13/h6-9,14H,5,10-11H2,1-4H3,(H,18,21). The van der Waals surface area contributed by atoms with Gasteiger partial charge in [0.2, 0.25) is 11.8 Å². The van der Waals surface area contributed by atoms with Crippen LogP contribution in [0.2, 0.25) is 0 Å². The molecule has 24 heavy (non-hydrogen) atoms. The van der Waals surface area contributed by atoms with Crippen molar-refractivity contribution in [2.24, 2.45) is 0 Å². The van der Waals surface area contributed by atoms with Crippen LogP contribution in [0.1, 0.15) is 45.6 Å². The first-order valence-corrected chi connectivity index (χ1v) is 9.48. The van der Waals surface area contributed by atoms with E-state index >= 15 is 0 Å². The number of amides is 2. The summed E-state index contributed by atoms with van der Waals surface area (Å²) in [5.74, 6) is -0.964. The fourth-order valence-corrected chi connectivity index (χ4v) is 4.13. The Kier molecular flexibility index (Phi) is 5.03. The number of hydrogen-bond acceptors (Lipinski definition) is 4. The lowest BCUT2D eigenvalue weighted by Gasteiger charge is -2.29. The monoisotopic (exact) mass is 352 g/mol. The largest absolute Gasteiger partial charge is 0.349 e. The molecule has 1 aliphatic heterocycles. The molecule has 1 aromatic rings. The van der Waals surface area contributed by atoms with Crippen molar-refractivity contribution in [3.8, 4) is 0 Å². The zero-order chi connectivity index (χ0) is 18.1. The molecule has 2 rings (SSSR count). The molecule has 132 valence electrons. The molecular formula is C17H24N2O4S. The molecule has 1 heterocycles. The van der Waals surface area contributed by atoms with Gasteiger partial charge < -0.3 is 5.32 Å². The molecule has 1 fully saturated rings. The minimum absolute atomic E-state index is 0.0240. The highest BCUT2D eigenvalue weighted by Crippen LogP contribution is 2.28. The highest BCUT2D eigenvalue weighted by molar-refractivity contribution is 7.89. The summed E-state index contributed by atoms with van der Waals surface area (Å²) in [6, 6.07) is 5.27. The van der Waals surface area contributed by atoms with Gasteiger partial charge in [-0.2, -0.15) is 0 Å². The molecule has 1 unspecified atom stereocenters. The van der Waals surface area contributed by atoms with Gasteiger partial charge in [-0.3, -0.25) is 9.59 Å². The number of aryl methyl sites for hydroxylation is 1. The number of carbonyl (C=O) groups excluding carboxylic acids is 2. The summed E-state index contributed by atoms with van der Waals surface area (Å²) in [5.41, 5.74) is 0.461. The summed E-state index contributed by atoms with van der Waals surface area (Å²) < 4.78 is 26.4. The van der Waals surface area contributed by atoms with Crippen LogP contribution in [-0.4, -0.2) is 36.1 Å². The Labute approximate surface area is 143 Å². The molecule has 0 spiro atoms. The van der Waals surface area contributed by atoms with E-state index in [0.29, 0.717) is 6.42 Å². The van der Waals surface area contributed by atoms with Gasteiger partial charge in [0.15, 0.2) is 0 Å². The summed E-state index contributed by atoms with van der Waals surface area (Å²) in [5, 5.41) is 2.83. The topological polar surface area (TPSA) is 83.6 Å². The lowest BCUT2D eigenvalue weighted by atomic mass is 10.0. The maximum absolute atomic E-state index is 12.8. The number of nitrogens with zero attached hydrogens (tertiary/aromatic N) is 1. The third-order valence-electron chi connectivity index (χ3n) is 4.39. The Morgan fingerprint density at radius 3 is 2.42 bits per heavy atom. The minimum Gasteiger partial charge on any atom is -0.349 e. The Bertz CT molecular complexity index is 738. The molecule has 6 nitrogen and oxygen atoms in total.